The van der Waals surface area contributed by atoms with Crippen molar-refractivity contribution in [1.82, 2.24) is 4.72 Å². The Hall–Kier alpha value is -1.15. The number of hydrogen-bond donors (Lipinski definition) is 2. The summed E-state index contributed by atoms with van der Waals surface area (Å²) in [5, 5.41) is 7.19. The molecule has 1 unspecified atom stereocenters. The van der Waals surface area contributed by atoms with Crippen LogP contribution in [0.5, 0.6) is 0 Å². The smallest absolute Gasteiger partial charge is 0.325 e. The molecular weight excluding hydrogens is 274 g/mol. The molecule has 0 aromatic rings. The maximum atomic E-state index is 11.6. The second-order valence-corrected chi connectivity index (χ2v) is 6.25. The molecule has 8 heteroatoms. The summed E-state index contributed by atoms with van der Waals surface area (Å²) in [5.41, 5.74) is 0. The molecule has 7 nitrogen and oxygen atoms in total. The fourth-order valence-corrected chi connectivity index (χ4v) is 2.42. The molecule has 0 radical (unpaired) electrons. The van der Waals surface area contributed by atoms with Crippen LogP contribution in [0.15, 0.2) is 0 Å². The first-order chi connectivity index (χ1) is 8.81. The highest BCUT2D eigenvalue weighted by Crippen LogP contribution is 2.04. The van der Waals surface area contributed by atoms with Crippen LogP contribution in [-0.2, 0) is 24.3 Å². The van der Waals surface area contributed by atoms with Crippen LogP contribution >= 0.6 is 0 Å². The average Bonchev–Trinajstić information content (AvgIpc) is 2.35. The molecule has 0 rings (SSSR count). The number of hydrogen-bond acceptors (Lipinski definition) is 5. The molecule has 0 amide bonds. The van der Waals surface area contributed by atoms with E-state index in [1.807, 2.05) is 0 Å². The van der Waals surface area contributed by atoms with Gasteiger partial charge in [0.05, 0.1) is 7.11 Å². The first-order valence-electron chi connectivity index (χ1n) is 6.09. The fourth-order valence-electron chi connectivity index (χ4n) is 1.39. The Morgan fingerprint density at radius 1 is 1.21 bits per heavy atom. The molecule has 0 aliphatic rings. The molecule has 112 valence electrons. The second-order valence-electron chi connectivity index (χ2n) is 4.16. The lowest BCUT2D eigenvalue weighted by Crippen LogP contribution is -2.38. The molecule has 0 saturated carbocycles. The van der Waals surface area contributed by atoms with Gasteiger partial charge in [0.2, 0.25) is 10.0 Å². The van der Waals surface area contributed by atoms with Crippen molar-refractivity contribution in [3.63, 3.8) is 0 Å². The number of unbranched alkanes of at least 4 members (excludes halogenated alkanes) is 3. The summed E-state index contributed by atoms with van der Waals surface area (Å²) < 4.78 is 29.9. The predicted octanol–water partition coefficient (Wildman–Crippen LogP) is 0.502. The van der Waals surface area contributed by atoms with Gasteiger partial charge in [-0.2, -0.15) is 0 Å². The Kier molecular flexibility index (Phi) is 8.33. The number of carboxylic acid groups (broad SMARTS) is 1. The van der Waals surface area contributed by atoms with Crippen LogP contribution in [0.1, 0.15) is 39.0 Å². The Morgan fingerprint density at radius 3 is 2.32 bits per heavy atom. The van der Waals surface area contributed by atoms with Gasteiger partial charge in [-0.15, -0.1) is 0 Å². The third-order valence-corrected chi connectivity index (χ3v) is 4.35. The maximum absolute atomic E-state index is 11.6. The molecule has 2 N–H and O–H groups in total. The van der Waals surface area contributed by atoms with Crippen molar-refractivity contribution in [2.24, 2.45) is 0 Å². The Balaban J connectivity index is 3.82. The molecule has 0 bridgehead atoms. The maximum Gasteiger partial charge on any atom is 0.325 e. The number of ether oxygens (including phenoxy) is 1. The van der Waals surface area contributed by atoms with Gasteiger partial charge in [0.15, 0.2) is 5.25 Å². The molecule has 0 heterocycles. The van der Waals surface area contributed by atoms with E-state index in [4.69, 9.17) is 5.11 Å². The number of rotatable bonds is 10. The summed E-state index contributed by atoms with van der Waals surface area (Å²) in [6.45, 7) is 1.50. The summed E-state index contributed by atoms with van der Waals surface area (Å²) in [5.74, 6) is -1.62. The lowest BCUT2D eigenvalue weighted by molar-refractivity contribution is -0.140. The standard InChI is InChI=1S/C11H21NO6S/c1-9(11(15)18-2)19(16,17)12-8-6-4-3-5-7-10(13)14/h9,12H,3-8H2,1-2H3,(H,13,14). The third kappa shape index (κ3) is 7.78. The van der Waals surface area contributed by atoms with E-state index in [0.717, 1.165) is 20.0 Å². The first kappa shape index (κ1) is 17.8. The van der Waals surface area contributed by atoms with Gasteiger partial charge in [-0.25, -0.2) is 13.1 Å². The van der Waals surface area contributed by atoms with Crippen molar-refractivity contribution in [2.45, 2.75) is 44.3 Å². The Labute approximate surface area is 113 Å². The van der Waals surface area contributed by atoms with Crippen LogP contribution in [0.2, 0.25) is 0 Å². The van der Waals surface area contributed by atoms with Gasteiger partial charge in [0.1, 0.15) is 0 Å². The number of esters is 1. The number of nitrogens with one attached hydrogen (secondary N) is 1. The minimum atomic E-state index is -3.70. The van der Waals surface area contributed by atoms with Crippen molar-refractivity contribution >= 4 is 22.0 Å². The molecule has 0 aromatic carbocycles. The van der Waals surface area contributed by atoms with Crippen LogP contribution in [0, 0.1) is 0 Å². The highest BCUT2D eigenvalue weighted by atomic mass is 32.2. The quantitative estimate of drug-likeness (QED) is 0.448. The summed E-state index contributed by atoms with van der Waals surface area (Å²) in [6, 6.07) is 0. The minimum Gasteiger partial charge on any atom is -0.481 e. The van der Waals surface area contributed by atoms with E-state index in [1.54, 1.807) is 0 Å². The minimum absolute atomic E-state index is 0.130. The zero-order valence-corrected chi connectivity index (χ0v) is 12.0. The van der Waals surface area contributed by atoms with E-state index in [-0.39, 0.29) is 13.0 Å². The van der Waals surface area contributed by atoms with E-state index >= 15 is 0 Å². The van der Waals surface area contributed by atoms with Gasteiger partial charge in [-0.05, 0) is 19.8 Å². The molecular formula is C11H21NO6S. The van der Waals surface area contributed by atoms with Gasteiger partial charge in [-0.1, -0.05) is 12.8 Å². The van der Waals surface area contributed by atoms with Gasteiger partial charge in [0, 0.05) is 13.0 Å². The summed E-state index contributed by atoms with van der Waals surface area (Å²) in [4.78, 5) is 21.4. The molecule has 0 aliphatic carbocycles. The zero-order chi connectivity index (χ0) is 14.9. The Morgan fingerprint density at radius 2 is 1.79 bits per heavy atom. The summed E-state index contributed by atoms with van der Waals surface area (Å²) >= 11 is 0. The SMILES string of the molecule is COC(=O)C(C)S(=O)(=O)NCCCCCCC(=O)O. The molecule has 1 atom stereocenters. The molecule has 0 aromatic heterocycles. The van der Waals surface area contributed by atoms with E-state index in [2.05, 4.69) is 9.46 Å². The number of carboxylic acids is 1. The van der Waals surface area contributed by atoms with E-state index in [0.29, 0.717) is 12.8 Å². The van der Waals surface area contributed by atoms with Gasteiger partial charge < -0.3 is 9.84 Å². The van der Waals surface area contributed by atoms with Crippen molar-refractivity contribution in [3.05, 3.63) is 0 Å². The number of sulfonamides is 1. The van der Waals surface area contributed by atoms with Gasteiger partial charge in [0.25, 0.3) is 0 Å². The molecule has 0 spiro atoms. The van der Waals surface area contributed by atoms with Crippen molar-refractivity contribution in [1.29, 1.82) is 0 Å². The van der Waals surface area contributed by atoms with E-state index < -0.39 is 27.2 Å². The lowest BCUT2D eigenvalue weighted by Gasteiger charge is -2.11. The monoisotopic (exact) mass is 295 g/mol. The first-order valence-corrected chi connectivity index (χ1v) is 7.64. The van der Waals surface area contributed by atoms with Crippen LogP contribution in [-0.4, -0.2) is 44.4 Å². The molecule has 0 saturated heterocycles. The number of carbonyl (C=O) groups excluding carboxylic acids is 1. The number of carbonyl (C=O) groups is 2. The molecule has 19 heavy (non-hydrogen) atoms. The number of aliphatic carboxylic acids is 1. The Bertz CT molecular complexity index is 392. The fraction of sp³-hybridized carbons (Fsp3) is 0.818. The van der Waals surface area contributed by atoms with Gasteiger partial charge >= 0.3 is 11.9 Å². The van der Waals surface area contributed by atoms with E-state index in [1.165, 1.54) is 6.92 Å². The van der Waals surface area contributed by atoms with Crippen LogP contribution in [0.25, 0.3) is 0 Å². The summed E-state index contributed by atoms with van der Waals surface area (Å²) in [6.07, 6.45) is 2.79. The highest BCUT2D eigenvalue weighted by molar-refractivity contribution is 7.90. The molecule has 0 aliphatic heterocycles. The van der Waals surface area contributed by atoms with E-state index in [9.17, 15) is 18.0 Å². The zero-order valence-electron chi connectivity index (χ0n) is 11.2. The second kappa shape index (κ2) is 8.87. The van der Waals surface area contributed by atoms with Crippen LogP contribution < -0.4 is 4.72 Å². The van der Waals surface area contributed by atoms with Crippen molar-refractivity contribution < 1.29 is 27.9 Å². The van der Waals surface area contributed by atoms with Crippen molar-refractivity contribution in [2.75, 3.05) is 13.7 Å². The molecule has 0 fully saturated rings. The third-order valence-electron chi connectivity index (χ3n) is 2.62. The number of methoxy groups -OCH3 is 1. The highest BCUT2D eigenvalue weighted by Gasteiger charge is 2.27. The van der Waals surface area contributed by atoms with Gasteiger partial charge in [-0.3, -0.25) is 9.59 Å². The van der Waals surface area contributed by atoms with Crippen LogP contribution in [0.3, 0.4) is 0 Å². The van der Waals surface area contributed by atoms with Crippen molar-refractivity contribution in [3.8, 4) is 0 Å². The topological polar surface area (TPSA) is 110 Å². The largest absolute Gasteiger partial charge is 0.481 e. The normalized spacial score (nSPS) is 12.9. The van der Waals surface area contributed by atoms with Crippen LogP contribution in [0.4, 0.5) is 0 Å². The summed E-state index contributed by atoms with van der Waals surface area (Å²) in [7, 11) is -2.56. The average molecular weight is 295 g/mol. The predicted molar refractivity (Wildman–Crippen MR) is 69.1 cm³/mol. The lowest BCUT2D eigenvalue weighted by atomic mass is 10.1.